The van der Waals surface area contributed by atoms with E-state index in [1.165, 1.54) is 11.8 Å². The van der Waals surface area contributed by atoms with E-state index in [0.29, 0.717) is 24.7 Å². The van der Waals surface area contributed by atoms with Crippen LogP contribution in [0.5, 0.6) is 0 Å². The minimum absolute atomic E-state index is 0.00978. The van der Waals surface area contributed by atoms with Crippen molar-refractivity contribution in [2.24, 2.45) is 0 Å². The first-order chi connectivity index (χ1) is 13.7. The summed E-state index contributed by atoms with van der Waals surface area (Å²) in [5, 5.41) is 16.5. The van der Waals surface area contributed by atoms with Gasteiger partial charge < -0.3 is 16.4 Å². The van der Waals surface area contributed by atoms with E-state index < -0.39 is 22.4 Å². The molecular formula is C18H19F3N4O3S. The molecule has 2 rings (SSSR count). The van der Waals surface area contributed by atoms with Crippen LogP contribution in [0.2, 0.25) is 0 Å². The molecule has 0 heterocycles. The first-order valence-electron chi connectivity index (χ1n) is 8.52. The fourth-order valence-electron chi connectivity index (χ4n) is 2.35. The lowest BCUT2D eigenvalue weighted by atomic mass is 10.1. The van der Waals surface area contributed by atoms with Gasteiger partial charge in [0.15, 0.2) is 0 Å². The molecule has 0 radical (unpaired) electrons. The van der Waals surface area contributed by atoms with Crippen LogP contribution in [0.1, 0.15) is 12.0 Å². The van der Waals surface area contributed by atoms with Crippen molar-refractivity contribution in [2.75, 3.05) is 29.9 Å². The van der Waals surface area contributed by atoms with Crippen LogP contribution in [-0.2, 0) is 11.0 Å². The van der Waals surface area contributed by atoms with Crippen LogP contribution in [0, 0.1) is 10.1 Å². The average molecular weight is 428 g/mol. The number of hydrogen-bond donors (Lipinski definition) is 3. The molecule has 0 fully saturated rings. The quantitative estimate of drug-likeness (QED) is 0.184. The molecule has 0 aliphatic carbocycles. The third-order valence-electron chi connectivity index (χ3n) is 3.79. The SMILES string of the molecule is Nc1ccccc1SCC(=O)NCCCNc1ccc(C(F)(F)F)cc1[N+](=O)[O-]. The molecule has 156 valence electrons. The number of thioether (sulfide) groups is 1. The summed E-state index contributed by atoms with van der Waals surface area (Å²) in [5.41, 5.74) is 4.64. The highest BCUT2D eigenvalue weighted by atomic mass is 32.2. The number of anilines is 2. The monoisotopic (exact) mass is 428 g/mol. The van der Waals surface area contributed by atoms with Crippen molar-refractivity contribution in [1.29, 1.82) is 0 Å². The van der Waals surface area contributed by atoms with Gasteiger partial charge in [0, 0.05) is 29.7 Å². The Kier molecular flexibility index (Phi) is 7.71. The molecule has 0 aliphatic rings. The van der Waals surface area contributed by atoms with Gasteiger partial charge in [0.2, 0.25) is 5.91 Å². The molecule has 0 bridgehead atoms. The van der Waals surface area contributed by atoms with Gasteiger partial charge in [-0.15, -0.1) is 11.8 Å². The highest BCUT2D eigenvalue weighted by Crippen LogP contribution is 2.34. The van der Waals surface area contributed by atoms with Crippen molar-refractivity contribution < 1.29 is 22.9 Å². The van der Waals surface area contributed by atoms with Crippen molar-refractivity contribution in [3.05, 3.63) is 58.1 Å². The van der Waals surface area contributed by atoms with Crippen molar-refractivity contribution in [3.8, 4) is 0 Å². The summed E-state index contributed by atoms with van der Waals surface area (Å²) in [4.78, 5) is 22.8. The Morgan fingerprint density at radius 3 is 2.55 bits per heavy atom. The molecule has 0 saturated carbocycles. The van der Waals surface area contributed by atoms with Gasteiger partial charge in [-0.3, -0.25) is 14.9 Å². The number of hydrogen-bond acceptors (Lipinski definition) is 6. The van der Waals surface area contributed by atoms with Gasteiger partial charge in [-0.25, -0.2) is 0 Å². The number of nitro benzene ring substituents is 1. The molecule has 2 aromatic carbocycles. The molecule has 0 saturated heterocycles. The van der Waals surface area contributed by atoms with Gasteiger partial charge in [0.25, 0.3) is 5.69 Å². The van der Waals surface area contributed by atoms with Crippen LogP contribution in [0.4, 0.5) is 30.2 Å². The minimum atomic E-state index is -4.66. The first kappa shape index (κ1) is 22.3. The number of rotatable bonds is 9. The van der Waals surface area contributed by atoms with E-state index in [4.69, 9.17) is 5.73 Å². The standard InChI is InChI=1S/C18H19F3N4O3S/c19-18(20,21)12-6-7-14(15(10-12)25(27)28)23-8-3-9-24-17(26)11-29-16-5-2-1-4-13(16)22/h1-2,4-7,10,23H,3,8-9,11,22H2,(H,24,26). The topological polar surface area (TPSA) is 110 Å². The van der Waals surface area contributed by atoms with Crippen LogP contribution in [0.25, 0.3) is 0 Å². The molecule has 11 heteroatoms. The molecule has 4 N–H and O–H groups in total. The summed E-state index contributed by atoms with van der Waals surface area (Å²) in [5.74, 6) is -0.00906. The number of carbonyl (C=O) groups excluding carboxylic acids is 1. The molecule has 0 aromatic heterocycles. The predicted molar refractivity (Wildman–Crippen MR) is 106 cm³/mol. The number of nitrogen functional groups attached to an aromatic ring is 1. The molecule has 0 unspecified atom stereocenters. The van der Waals surface area contributed by atoms with Gasteiger partial charge in [-0.1, -0.05) is 12.1 Å². The van der Waals surface area contributed by atoms with E-state index in [2.05, 4.69) is 10.6 Å². The highest BCUT2D eigenvalue weighted by Gasteiger charge is 2.32. The number of carbonyl (C=O) groups is 1. The lowest BCUT2D eigenvalue weighted by Gasteiger charge is -2.11. The molecule has 0 atom stereocenters. The zero-order chi connectivity index (χ0) is 21.4. The van der Waals surface area contributed by atoms with Crippen molar-refractivity contribution in [1.82, 2.24) is 5.32 Å². The lowest BCUT2D eigenvalue weighted by molar-refractivity contribution is -0.384. The molecule has 1 amide bonds. The predicted octanol–water partition coefficient (Wildman–Crippen LogP) is 3.91. The second kappa shape index (κ2) is 10.0. The summed E-state index contributed by atoms with van der Waals surface area (Å²) in [6, 6.07) is 9.48. The van der Waals surface area contributed by atoms with Crippen molar-refractivity contribution in [3.63, 3.8) is 0 Å². The Morgan fingerprint density at radius 1 is 1.17 bits per heavy atom. The first-order valence-corrected chi connectivity index (χ1v) is 9.50. The lowest BCUT2D eigenvalue weighted by Crippen LogP contribution is -2.27. The summed E-state index contributed by atoms with van der Waals surface area (Å²) in [6.07, 6.45) is -4.22. The maximum absolute atomic E-state index is 12.7. The van der Waals surface area contributed by atoms with E-state index in [1.807, 2.05) is 12.1 Å². The Hall–Kier alpha value is -2.95. The van der Waals surface area contributed by atoms with E-state index in [9.17, 15) is 28.1 Å². The fourth-order valence-corrected chi connectivity index (χ4v) is 3.15. The van der Waals surface area contributed by atoms with Gasteiger partial charge >= 0.3 is 6.18 Å². The highest BCUT2D eigenvalue weighted by molar-refractivity contribution is 8.00. The Morgan fingerprint density at radius 2 is 1.90 bits per heavy atom. The third kappa shape index (κ3) is 6.86. The van der Waals surface area contributed by atoms with Gasteiger partial charge in [0.1, 0.15) is 5.69 Å². The molecule has 0 spiro atoms. The number of halogens is 3. The third-order valence-corrected chi connectivity index (χ3v) is 4.88. The van der Waals surface area contributed by atoms with Crippen LogP contribution in [0.15, 0.2) is 47.4 Å². The molecule has 2 aromatic rings. The summed E-state index contributed by atoms with van der Waals surface area (Å²) in [6.45, 7) is 0.552. The second-order valence-electron chi connectivity index (χ2n) is 5.94. The summed E-state index contributed by atoms with van der Waals surface area (Å²) >= 11 is 1.30. The molecule has 29 heavy (non-hydrogen) atoms. The number of para-hydroxylation sites is 1. The van der Waals surface area contributed by atoms with Crippen molar-refractivity contribution >= 4 is 34.7 Å². The van der Waals surface area contributed by atoms with Gasteiger partial charge in [-0.2, -0.15) is 13.2 Å². The molecular weight excluding hydrogens is 409 g/mol. The van der Waals surface area contributed by atoms with Crippen molar-refractivity contribution in [2.45, 2.75) is 17.5 Å². The van der Waals surface area contributed by atoms with Crippen LogP contribution in [-0.4, -0.2) is 29.7 Å². The number of nitrogens with zero attached hydrogens (tertiary/aromatic N) is 1. The molecule has 0 aliphatic heterocycles. The van der Waals surface area contributed by atoms with Gasteiger partial charge in [0.05, 0.1) is 16.2 Å². The second-order valence-corrected chi connectivity index (χ2v) is 6.96. The average Bonchev–Trinajstić information content (AvgIpc) is 2.66. The van der Waals surface area contributed by atoms with Gasteiger partial charge in [-0.05, 0) is 30.7 Å². The normalized spacial score (nSPS) is 11.1. The fraction of sp³-hybridized carbons (Fsp3) is 0.278. The number of alkyl halides is 3. The van der Waals surface area contributed by atoms with E-state index in [-0.39, 0.29) is 23.9 Å². The number of benzene rings is 2. The zero-order valence-electron chi connectivity index (χ0n) is 15.2. The van der Waals surface area contributed by atoms with E-state index in [1.54, 1.807) is 12.1 Å². The number of nitrogens with two attached hydrogens (primary N) is 1. The van der Waals surface area contributed by atoms with E-state index >= 15 is 0 Å². The number of nitro groups is 1. The van der Waals surface area contributed by atoms with Crippen LogP contribution < -0.4 is 16.4 Å². The smallest absolute Gasteiger partial charge is 0.398 e. The zero-order valence-corrected chi connectivity index (χ0v) is 16.0. The van der Waals surface area contributed by atoms with Crippen LogP contribution in [0.3, 0.4) is 0 Å². The van der Waals surface area contributed by atoms with Crippen LogP contribution >= 0.6 is 11.8 Å². The maximum atomic E-state index is 12.7. The maximum Gasteiger partial charge on any atom is 0.416 e. The number of nitrogens with one attached hydrogen (secondary N) is 2. The Balaban J connectivity index is 1.77. The Labute approximate surface area is 169 Å². The summed E-state index contributed by atoms with van der Waals surface area (Å²) < 4.78 is 38.1. The minimum Gasteiger partial charge on any atom is -0.398 e. The largest absolute Gasteiger partial charge is 0.416 e. The van der Waals surface area contributed by atoms with E-state index in [0.717, 1.165) is 17.0 Å². The Bertz CT molecular complexity index is 878. The molecule has 7 nitrogen and oxygen atoms in total. The number of amides is 1. The summed E-state index contributed by atoms with van der Waals surface area (Å²) in [7, 11) is 0.